The number of aryl methyl sites for hydroxylation is 12. The van der Waals surface area contributed by atoms with Gasteiger partial charge in [-0.15, -0.1) is 0 Å². The van der Waals surface area contributed by atoms with E-state index in [0.717, 1.165) is 26.2 Å². The Balaban J connectivity index is 0.000000195. The van der Waals surface area contributed by atoms with Gasteiger partial charge >= 0.3 is 212 Å². The van der Waals surface area contributed by atoms with E-state index in [2.05, 4.69) is 174 Å². The Morgan fingerprint density at radius 2 is 0.731 bits per heavy atom. The summed E-state index contributed by atoms with van der Waals surface area (Å²) in [6.07, 6.45) is 0.106. The molecule has 6 aromatic rings. The van der Waals surface area contributed by atoms with E-state index in [1.54, 1.807) is 28.5 Å². The van der Waals surface area contributed by atoms with Crippen LogP contribution in [0.3, 0.4) is 0 Å². The molecule has 0 aliphatic carbocycles. The zero-order chi connectivity index (χ0) is 57.9. The van der Waals surface area contributed by atoms with E-state index >= 15 is 0 Å². The van der Waals surface area contributed by atoms with Crippen LogP contribution in [0.4, 0.5) is 34.1 Å². The molecule has 0 bridgehead atoms. The molecule has 78 heavy (non-hydrogen) atoms. The molecule has 2 aliphatic rings. The van der Waals surface area contributed by atoms with Crippen molar-refractivity contribution >= 4 is 82.1 Å². The molecule has 0 aromatic heterocycles. The van der Waals surface area contributed by atoms with Crippen LogP contribution in [0.5, 0.6) is 11.5 Å². The fourth-order valence-corrected chi connectivity index (χ4v) is 14.0. The molecule has 12 nitrogen and oxygen atoms in total. The Bertz CT molecular complexity index is 2870. The molecule has 0 radical (unpaired) electrons. The maximum absolute atomic E-state index is 10.7. The number of aromatic hydroxyl groups is 2. The van der Waals surface area contributed by atoms with Crippen LogP contribution in [0.2, 0.25) is 0 Å². The number of aliphatic hydroxyl groups is 2. The van der Waals surface area contributed by atoms with Crippen LogP contribution in [0.25, 0.3) is 0 Å². The van der Waals surface area contributed by atoms with Gasteiger partial charge in [-0.2, -0.15) is 13.3 Å². The molecule has 0 amide bonds. The Morgan fingerprint density at radius 1 is 0.474 bits per heavy atom. The summed E-state index contributed by atoms with van der Waals surface area (Å²) in [5, 5.41) is 21.2. The van der Waals surface area contributed by atoms with Crippen molar-refractivity contribution in [3.8, 4) is 11.5 Å². The molecular formula is C60H74Cl4N6O6Ru2. The molecule has 0 spiro atoms. The molecule has 18 heteroatoms. The fourth-order valence-electron chi connectivity index (χ4n) is 10.4. The summed E-state index contributed by atoms with van der Waals surface area (Å²) in [6.45, 7) is 39.0. The van der Waals surface area contributed by atoms with Crippen molar-refractivity contribution in [1.29, 1.82) is 0 Å². The molecule has 2 heterocycles. The van der Waals surface area contributed by atoms with Crippen LogP contribution in [-0.4, -0.2) is 67.9 Å². The van der Waals surface area contributed by atoms with E-state index in [0.29, 0.717) is 22.6 Å². The van der Waals surface area contributed by atoms with Crippen LogP contribution < -0.4 is 19.6 Å². The monoisotopic (exact) mass is 1320 g/mol. The minimum Gasteiger partial charge on any atom is -0.502 e. The van der Waals surface area contributed by atoms with Crippen molar-refractivity contribution in [2.45, 2.75) is 103 Å². The molecular weight excluding hydrogens is 1240 g/mol. The van der Waals surface area contributed by atoms with E-state index in [1.165, 1.54) is 114 Å². The van der Waals surface area contributed by atoms with Gasteiger partial charge in [0.2, 0.25) is 0 Å². The quantitative estimate of drug-likeness (QED) is 0.0413. The molecule has 8 rings (SSSR count). The third kappa shape index (κ3) is 17.5. The number of nitro groups is 2. The van der Waals surface area contributed by atoms with E-state index < -0.39 is 36.9 Å². The predicted molar refractivity (Wildman–Crippen MR) is 325 cm³/mol. The first-order valence-electron chi connectivity index (χ1n) is 25.3. The fraction of sp³-hybridized carbons (Fsp3) is 0.333. The van der Waals surface area contributed by atoms with Crippen molar-refractivity contribution < 1.29 is 46.4 Å². The Kier molecular flexibility index (Phi) is 23.7. The summed E-state index contributed by atoms with van der Waals surface area (Å²) in [6, 6.07) is 27.1. The molecule has 6 aromatic carbocycles. The second-order valence-corrected chi connectivity index (χ2v) is 31.5. The first-order valence-corrected chi connectivity index (χ1v) is 36.3. The topological polar surface area (TPSA) is 125 Å². The third-order valence-electron chi connectivity index (χ3n) is 12.9. The van der Waals surface area contributed by atoms with E-state index in [9.17, 15) is 20.2 Å². The standard InChI is InChI=1S/2C21H27N2.C10H11NO3.C8H7NO3.4ClH.2Ru/c2*1-14-9-16(3)20(17(4)10-14)22-7-8-23(13-22)21-18(5)11-15(2)12-19(21)6;1-7(2)14-10-5-4-9(11(12)13)6-8(10)3;1-6-5-7(9(10)11)3-4-8(6)12-2;;;;;;/h2*9-13H,7-8H2,1-6H3;3-7H,1-2H3;1,3-5H,2H3;4*1H;;/q2*-1;;;;;;;2*+2/p-2. The van der Waals surface area contributed by atoms with Gasteiger partial charge in [-0.3, -0.25) is 0 Å². The van der Waals surface area contributed by atoms with Crippen LogP contribution in [0, 0.1) is 117 Å². The van der Waals surface area contributed by atoms with E-state index in [-0.39, 0.29) is 17.5 Å². The molecule has 2 aliphatic heterocycles. The zero-order valence-corrected chi connectivity index (χ0v) is 53.7. The molecule has 424 valence electrons. The smallest absolute Gasteiger partial charge is 0.0146 e. The summed E-state index contributed by atoms with van der Waals surface area (Å²) in [5.41, 5.74) is 23.0. The second kappa shape index (κ2) is 29.0. The van der Waals surface area contributed by atoms with Crippen molar-refractivity contribution in [3.05, 3.63) is 196 Å². The molecule has 2 saturated heterocycles. The van der Waals surface area contributed by atoms with Crippen LogP contribution >= 0.6 is 38.8 Å². The van der Waals surface area contributed by atoms with Gasteiger partial charge < -0.3 is 19.6 Å². The van der Waals surface area contributed by atoms with E-state index in [1.807, 2.05) is 13.8 Å². The number of halogens is 4. The molecule has 2 N–H and O–H groups in total. The van der Waals surface area contributed by atoms with Gasteiger partial charge in [0, 0.05) is 48.9 Å². The van der Waals surface area contributed by atoms with Crippen LogP contribution in [0.15, 0.2) is 84.9 Å². The Labute approximate surface area is 488 Å². The Morgan fingerprint density at radius 3 is 0.962 bits per heavy atom. The van der Waals surface area contributed by atoms with Gasteiger partial charge in [0.25, 0.3) is 0 Å². The van der Waals surface area contributed by atoms with E-state index in [4.69, 9.17) is 38.8 Å². The normalized spacial score (nSPS) is 13.2. The molecule has 0 saturated carbocycles. The summed E-state index contributed by atoms with van der Waals surface area (Å²) >= 11 is -4.02. The van der Waals surface area contributed by atoms with Crippen molar-refractivity contribution in [2.75, 3.05) is 52.9 Å². The average Bonchev–Trinajstić information content (AvgIpc) is 3.99. The summed E-state index contributed by atoms with van der Waals surface area (Å²) in [4.78, 5) is 29.9. The number of non-ortho nitro benzene ring substituents is 2. The zero-order valence-electron chi connectivity index (χ0n) is 47.2. The average molecular weight is 1320 g/mol. The number of rotatable bonds is 11. The summed E-state index contributed by atoms with van der Waals surface area (Å²) in [7, 11) is 24.6. The number of ether oxygens (including phenoxy) is 2. The van der Waals surface area contributed by atoms with Gasteiger partial charge in [-0.05, 0) is 128 Å². The summed E-state index contributed by atoms with van der Waals surface area (Å²) < 4.78 is 11.7. The maximum Gasteiger partial charge on any atom is 0.0146 e. The van der Waals surface area contributed by atoms with Gasteiger partial charge in [-0.1, -0.05) is 70.8 Å². The minimum absolute atomic E-state index is 0.0115. The largest absolute Gasteiger partial charge is 0.502 e. The second-order valence-electron chi connectivity index (χ2n) is 20.1. The number of nitrogens with zero attached hydrogens (tertiary/aromatic N) is 6. The Hall–Kier alpha value is -4.93. The summed E-state index contributed by atoms with van der Waals surface area (Å²) in [5.74, 6) is 1.34. The SMILES string of the molecule is CC(C)[OH+]c1ccc([N+](=O)[O-])cc1[CH]=[Ru]([Cl])[Cl].C[OH+]c1ccc([N+](=O)[O-])cc1[CH]=[Ru]([Cl])[Cl].Cc1cc(C)c(N2[CH-]N(c3c(C)cc(C)cc3C)CC2)c(C)c1.Cc1cc(C)c(N2[CH-]N(c3c(C)cc(C)cc3C)CC2)c(C)c1. The number of hydrogen-bond donors (Lipinski definition) is 0. The first-order chi connectivity index (χ1) is 36.7. The van der Waals surface area contributed by atoms with Gasteiger partial charge in [0.15, 0.2) is 0 Å². The van der Waals surface area contributed by atoms with Crippen molar-refractivity contribution in [2.24, 2.45) is 0 Å². The predicted octanol–water partition coefficient (Wildman–Crippen LogP) is 15.8. The number of nitro benzene ring substituents is 2. The van der Waals surface area contributed by atoms with Crippen LogP contribution in [-0.2, 0) is 27.0 Å². The molecule has 0 unspecified atom stereocenters. The number of benzene rings is 6. The minimum atomic E-state index is -2.03. The van der Waals surface area contributed by atoms with Gasteiger partial charge in [0.05, 0.1) is 0 Å². The van der Waals surface area contributed by atoms with Crippen LogP contribution in [0.1, 0.15) is 91.7 Å². The molecule has 0 atom stereocenters. The first kappa shape index (κ1) is 63.9. The third-order valence-corrected chi connectivity index (χ3v) is 16.5. The molecule has 2 fully saturated rings. The number of hydrogen-bond acceptors (Lipinski definition) is 8. The van der Waals surface area contributed by atoms with Crippen molar-refractivity contribution in [1.82, 2.24) is 0 Å². The van der Waals surface area contributed by atoms with Crippen molar-refractivity contribution in [3.63, 3.8) is 0 Å². The van der Waals surface area contributed by atoms with Gasteiger partial charge in [0.1, 0.15) is 0 Å². The number of anilines is 4. The maximum atomic E-state index is 10.7. The van der Waals surface area contributed by atoms with Gasteiger partial charge in [-0.25, -0.2) is 0 Å².